The summed E-state index contributed by atoms with van der Waals surface area (Å²) in [6.07, 6.45) is 12.2. The average molecular weight is 595 g/mol. The molecule has 1 aliphatic carbocycles. The predicted molar refractivity (Wildman–Crippen MR) is 179 cm³/mol. The van der Waals surface area contributed by atoms with E-state index in [-0.39, 0.29) is 35.7 Å². The van der Waals surface area contributed by atoms with E-state index in [2.05, 4.69) is 44.3 Å². The molecule has 0 bridgehead atoms. The first-order valence-corrected chi connectivity index (χ1v) is 16.6. The van der Waals surface area contributed by atoms with Crippen molar-refractivity contribution in [2.24, 2.45) is 22.7 Å². The minimum atomic E-state index is -0.365. The van der Waals surface area contributed by atoms with Gasteiger partial charge in [0.25, 0.3) is 0 Å². The van der Waals surface area contributed by atoms with Crippen LogP contribution in [0.3, 0.4) is 0 Å². The number of hydrogen-bond acceptors (Lipinski definition) is 6. The lowest BCUT2D eigenvalue weighted by molar-refractivity contribution is -0.150. The fraction of sp³-hybridized carbons (Fsp3) is 0.649. The first-order valence-electron chi connectivity index (χ1n) is 16.6. The molecule has 3 rings (SSSR count). The van der Waals surface area contributed by atoms with Crippen LogP contribution < -0.4 is 5.32 Å². The molecule has 1 N–H and O–H groups in total. The number of hydrogen-bond donors (Lipinski definition) is 1. The van der Waals surface area contributed by atoms with Gasteiger partial charge in [0.2, 0.25) is 0 Å². The number of Topliss-reactive ketones (excluding diaryl/α,β-unsaturated/α-hetero) is 1. The molecule has 1 aliphatic heterocycles. The number of aliphatic imine (C=N–C) groups is 1. The highest BCUT2D eigenvalue weighted by Crippen LogP contribution is 2.25. The van der Waals surface area contributed by atoms with Gasteiger partial charge in [0.1, 0.15) is 12.1 Å². The number of nitrogens with zero attached hydrogens (tertiary/aromatic N) is 1. The number of carbonyl (C=O) groups excluding carboxylic acids is 2. The molecule has 0 amide bonds. The standard InChI is InChI=1S/C30H44N2O3.C7H14O/c1-9-25(16-22(7)29(33)20(4)5)28(19(2)3)32-27-17-24(15-14-21(27)6)18-31-23(8)30(34)35-26-12-10-11-13-26;1-2-7-3-5-8-6-4-7/h9,14-17,19-20,23,26,31H,10-13,18H2,1-8H3;7H,2-6H2,1H3/b22-16-,25-9+,32-28?;. The highest BCUT2D eigenvalue weighted by atomic mass is 16.5. The molecule has 1 heterocycles. The molecule has 0 aromatic heterocycles. The van der Waals surface area contributed by atoms with Gasteiger partial charge in [0.15, 0.2) is 5.78 Å². The summed E-state index contributed by atoms with van der Waals surface area (Å²) in [6, 6.07) is 5.83. The summed E-state index contributed by atoms with van der Waals surface area (Å²) in [7, 11) is 0. The summed E-state index contributed by atoms with van der Waals surface area (Å²) in [6.45, 7) is 20.7. The molecule has 6 heteroatoms. The summed E-state index contributed by atoms with van der Waals surface area (Å²) in [5, 5.41) is 3.30. The Morgan fingerprint density at radius 2 is 1.70 bits per heavy atom. The van der Waals surface area contributed by atoms with Crippen LogP contribution in [0.5, 0.6) is 0 Å². The Bertz CT molecular complexity index is 1120. The van der Waals surface area contributed by atoms with Crippen molar-refractivity contribution in [3.63, 3.8) is 0 Å². The number of rotatable bonds is 12. The lowest BCUT2D eigenvalue weighted by Gasteiger charge is -2.19. The Labute approximate surface area is 261 Å². The molecular weight excluding hydrogens is 536 g/mol. The second-order valence-electron chi connectivity index (χ2n) is 12.8. The number of allylic oxidation sites excluding steroid dienone is 4. The number of benzene rings is 1. The van der Waals surface area contributed by atoms with Crippen LogP contribution in [-0.2, 0) is 25.6 Å². The molecule has 1 saturated heterocycles. The predicted octanol–water partition coefficient (Wildman–Crippen LogP) is 8.63. The maximum atomic E-state index is 12.4. The van der Waals surface area contributed by atoms with Crippen LogP contribution in [0.2, 0.25) is 0 Å². The molecular formula is C37H58N2O4. The number of carbonyl (C=O) groups is 2. The van der Waals surface area contributed by atoms with Crippen LogP contribution in [-0.4, -0.2) is 42.8 Å². The van der Waals surface area contributed by atoms with Crippen LogP contribution in [0.15, 0.2) is 46.5 Å². The topological polar surface area (TPSA) is 77.0 Å². The number of ketones is 1. The van der Waals surface area contributed by atoms with Crippen molar-refractivity contribution < 1.29 is 19.1 Å². The van der Waals surface area contributed by atoms with Gasteiger partial charge in [-0.15, -0.1) is 0 Å². The van der Waals surface area contributed by atoms with Crippen LogP contribution >= 0.6 is 0 Å². The first-order chi connectivity index (χ1) is 20.5. The van der Waals surface area contributed by atoms with Gasteiger partial charge in [0.05, 0.1) is 11.4 Å². The lowest BCUT2D eigenvalue weighted by atomic mass is 9.94. The van der Waals surface area contributed by atoms with Gasteiger partial charge in [-0.25, -0.2) is 0 Å². The fourth-order valence-corrected chi connectivity index (χ4v) is 5.39. The molecule has 43 heavy (non-hydrogen) atoms. The summed E-state index contributed by atoms with van der Waals surface area (Å²) in [5.74, 6) is 1.08. The smallest absolute Gasteiger partial charge is 0.323 e. The van der Waals surface area contributed by atoms with Crippen LogP contribution in [0, 0.1) is 24.7 Å². The number of esters is 1. The van der Waals surface area contributed by atoms with E-state index in [0.29, 0.717) is 6.54 Å². The Kier molecular flexibility index (Phi) is 16.1. The Hall–Kier alpha value is -2.57. The van der Waals surface area contributed by atoms with E-state index in [9.17, 15) is 9.59 Å². The zero-order valence-corrected chi connectivity index (χ0v) is 28.4. The molecule has 240 valence electrons. The van der Waals surface area contributed by atoms with E-state index in [4.69, 9.17) is 14.5 Å². The lowest BCUT2D eigenvalue weighted by Crippen LogP contribution is -2.36. The van der Waals surface area contributed by atoms with E-state index >= 15 is 0 Å². The third kappa shape index (κ3) is 12.5. The monoisotopic (exact) mass is 594 g/mol. The van der Waals surface area contributed by atoms with Crippen LogP contribution in [0.25, 0.3) is 0 Å². The quantitative estimate of drug-likeness (QED) is 0.113. The zero-order valence-electron chi connectivity index (χ0n) is 28.4. The normalized spacial score (nSPS) is 18.1. The van der Waals surface area contributed by atoms with Crippen molar-refractivity contribution in [2.75, 3.05) is 13.2 Å². The third-order valence-electron chi connectivity index (χ3n) is 8.42. The van der Waals surface area contributed by atoms with E-state index in [0.717, 1.165) is 78.5 Å². The molecule has 1 atom stereocenters. The van der Waals surface area contributed by atoms with E-state index < -0.39 is 0 Å². The van der Waals surface area contributed by atoms with Gasteiger partial charge >= 0.3 is 5.97 Å². The molecule has 1 saturated carbocycles. The van der Waals surface area contributed by atoms with Crippen molar-refractivity contribution in [2.45, 2.75) is 126 Å². The summed E-state index contributed by atoms with van der Waals surface area (Å²) in [5.41, 5.74) is 5.70. The van der Waals surface area contributed by atoms with E-state index in [1.807, 2.05) is 53.7 Å². The molecule has 1 aromatic carbocycles. The molecule has 6 nitrogen and oxygen atoms in total. The molecule has 1 unspecified atom stereocenters. The highest BCUT2D eigenvalue weighted by molar-refractivity contribution is 6.07. The molecule has 2 fully saturated rings. The highest BCUT2D eigenvalue weighted by Gasteiger charge is 2.22. The van der Waals surface area contributed by atoms with Gasteiger partial charge < -0.3 is 14.8 Å². The SMILES string of the molecule is C/C=C(\C=C(\C)C(=O)C(C)C)C(=Nc1cc(CNC(C)C(=O)OC2CCCC2)ccc1C)C(C)C.CCC1CCOCC1. The summed E-state index contributed by atoms with van der Waals surface area (Å²) in [4.78, 5) is 29.9. The Balaban J connectivity index is 0.000000694. The van der Waals surface area contributed by atoms with Gasteiger partial charge in [-0.2, -0.15) is 0 Å². The second-order valence-corrected chi connectivity index (χ2v) is 12.8. The minimum absolute atomic E-state index is 0.0342. The van der Waals surface area contributed by atoms with Crippen molar-refractivity contribution >= 4 is 23.2 Å². The van der Waals surface area contributed by atoms with Gasteiger partial charge in [-0.3, -0.25) is 14.6 Å². The summed E-state index contributed by atoms with van der Waals surface area (Å²) < 4.78 is 10.8. The molecule has 1 aromatic rings. The van der Waals surface area contributed by atoms with Gasteiger partial charge in [-0.1, -0.05) is 59.2 Å². The molecule has 0 spiro atoms. The summed E-state index contributed by atoms with van der Waals surface area (Å²) >= 11 is 0. The largest absolute Gasteiger partial charge is 0.461 e. The van der Waals surface area contributed by atoms with Crippen LogP contribution in [0.1, 0.15) is 111 Å². The van der Waals surface area contributed by atoms with Crippen molar-refractivity contribution in [1.29, 1.82) is 0 Å². The Morgan fingerprint density at radius 1 is 1.05 bits per heavy atom. The average Bonchev–Trinajstić information content (AvgIpc) is 3.51. The van der Waals surface area contributed by atoms with Crippen molar-refractivity contribution in [3.05, 3.63) is 52.6 Å². The van der Waals surface area contributed by atoms with Gasteiger partial charge in [-0.05, 0) is 112 Å². The van der Waals surface area contributed by atoms with Crippen molar-refractivity contribution in [3.8, 4) is 0 Å². The minimum Gasteiger partial charge on any atom is -0.461 e. The second kappa shape index (κ2) is 19.0. The fourth-order valence-electron chi connectivity index (χ4n) is 5.39. The third-order valence-corrected chi connectivity index (χ3v) is 8.42. The number of aryl methyl sites for hydroxylation is 1. The van der Waals surface area contributed by atoms with E-state index in [1.54, 1.807) is 0 Å². The molecule has 2 aliphatic rings. The maximum Gasteiger partial charge on any atom is 0.323 e. The van der Waals surface area contributed by atoms with Crippen molar-refractivity contribution in [1.82, 2.24) is 5.32 Å². The van der Waals surface area contributed by atoms with Gasteiger partial charge in [0, 0.05) is 25.7 Å². The number of nitrogens with one attached hydrogen (secondary N) is 1. The first kappa shape index (κ1) is 36.6. The maximum absolute atomic E-state index is 12.4. The van der Waals surface area contributed by atoms with Crippen LogP contribution in [0.4, 0.5) is 5.69 Å². The zero-order chi connectivity index (χ0) is 31.9. The van der Waals surface area contributed by atoms with E-state index in [1.165, 1.54) is 19.3 Å². The Morgan fingerprint density at radius 3 is 2.23 bits per heavy atom. The number of ether oxygens (including phenoxy) is 2. The molecule has 0 radical (unpaired) electrons.